The van der Waals surface area contributed by atoms with Crippen LogP contribution in [0.1, 0.15) is 75.3 Å². The first-order valence-corrected chi connectivity index (χ1v) is 9.89. The minimum atomic E-state index is 0.172. The van der Waals surface area contributed by atoms with Crippen molar-refractivity contribution in [3.05, 3.63) is 41.7 Å². The predicted molar refractivity (Wildman–Crippen MR) is 98.2 cm³/mol. The summed E-state index contributed by atoms with van der Waals surface area (Å²) in [6, 6.07) is 11.4. The highest BCUT2D eigenvalue weighted by atomic mass is 15.6. The number of hydrogen-bond donors (Lipinski definition) is 0. The zero-order valence-corrected chi connectivity index (χ0v) is 15.2. The molecule has 1 aliphatic heterocycles. The molecule has 0 amide bonds. The van der Waals surface area contributed by atoms with E-state index in [4.69, 9.17) is 0 Å². The Bertz CT molecular complexity index is 654. The number of aromatic nitrogens is 4. The van der Waals surface area contributed by atoms with Crippen LogP contribution in [0.5, 0.6) is 0 Å². The maximum atomic E-state index is 4.52. The molecule has 0 spiro atoms. The van der Waals surface area contributed by atoms with Gasteiger partial charge in [-0.2, -0.15) is 0 Å². The van der Waals surface area contributed by atoms with E-state index in [2.05, 4.69) is 62.4 Å². The standard InChI is InChI=1S/C20H29N5/c1-16-12-14-24(15-13-16)19(17-8-4-2-5-9-17)20-21-22-23-25(20)18-10-6-3-7-11-18/h2,4-5,8-9,16,18-19H,3,6-7,10-15H2,1H3. The molecule has 5 heteroatoms. The van der Waals surface area contributed by atoms with E-state index in [1.165, 1.54) is 50.5 Å². The second-order valence-electron chi connectivity index (χ2n) is 7.81. The highest BCUT2D eigenvalue weighted by Gasteiger charge is 2.32. The maximum Gasteiger partial charge on any atom is 0.173 e. The number of hydrogen-bond acceptors (Lipinski definition) is 4. The largest absolute Gasteiger partial charge is 0.290 e. The second kappa shape index (κ2) is 7.65. The van der Waals surface area contributed by atoms with Gasteiger partial charge in [0, 0.05) is 0 Å². The summed E-state index contributed by atoms with van der Waals surface area (Å²) in [5.74, 6) is 1.86. The van der Waals surface area contributed by atoms with Crippen molar-refractivity contribution in [3.63, 3.8) is 0 Å². The molecule has 1 unspecified atom stereocenters. The number of likely N-dealkylation sites (tertiary alicyclic amines) is 1. The Hall–Kier alpha value is -1.75. The summed E-state index contributed by atoms with van der Waals surface area (Å²) in [5, 5.41) is 13.0. The van der Waals surface area contributed by atoms with E-state index in [0.29, 0.717) is 6.04 Å². The van der Waals surface area contributed by atoms with Crippen LogP contribution in [0.15, 0.2) is 30.3 Å². The van der Waals surface area contributed by atoms with Crippen molar-refractivity contribution in [2.75, 3.05) is 13.1 Å². The van der Waals surface area contributed by atoms with Crippen LogP contribution in [0, 0.1) is 5.92 Å². The summed E-state index contributed by atoms with van der Waals surface area (Å²) in [6.07, 6.45) is 8.86. The SMILES string of the molecule is CC1CCN(C(c2ccccc2)c2nnnn2C2CCCCC2)CC1. The highest BCUT2D eigenvalue weighted by molar-refractivity contribution is 5.25. The first-order valence-electron chi connectivity index (χ1n) is 9.89. The number of benzene rings is 1. The average Bonchev–Trinajstić information content (AvgIpc) is 3.14. The van der Waals surface area contributed by atoms with Gasteiger partial charge in [-0.15, -0.1) is 5.10 Å². The van der Waals surface area contributed by atoms with Gasteiger partial charge in [0.1, 0.15) is 0 Å². The van der Waals surface area contributed by atoms with Gasteiger partial charge in [-0.3, -0.25) is 4.90 Å². The van der Waals surface area contributed by atoms with Crippen LogP contribution < -0.4 is 0 Å². The van der Waals surface area contributed by atoms with E-state index < -0.39 is 0 Å². The van der Waals surface area contributed by atoms with Gasteiger partial charge in [0.05, 0.1) is 12.1 Å². The van der Waals surface area contributed by atoms with Crippen molar-refractivity contribution in [1.29, 1.82) is 0 Å². The molecule has 1 aromatic carbocycles. The minimum absolute atomic E-state index is 0.172. The number of tetrazole rings is 1. The Morgan fingerprint density at radius 1 is 0.960 bits per heavy atom. The van der Waals surface area contributed by atoms with Crippen LogP contribution in [-0.2, 0) is 0 Å². The zero-order chi connectivity index (χ0) is 17.1. The van der Waals surface area contributed by atoms with Crippen LogP contribution in [0.2, 0.25) is 0 Å². The van der Waals surface area contributed by atoms with Crippen LogP contribution >= 0.6 is 0 Å². The first-order chi connectivity index (χ1) is 12.3. The Balaban J connectivity index is 1.68. The lowest BCUT2D eigenvalue weighted by Gasteiger charge is -2.37. The minimum Gasteiger partial charge on any atom is -0.290 e. The zero-order valence-electron chi connectivity index (χ0n) is 15.2. The molecule has 2 aromatic rings. The molecule has 1 aliphatic carbocycles. The highest BCUT2D eigenvalue weighted by Crippen LogP contribution is 2.34. The van der Waals surface area contributed by atoms with Gasteiger partial charge in [0.2, 0.25) is 0 Å². The van der Waals surface area contributed by atoms with Gasteiger partial charge >= 0.3 is 0 Å². The van der Waals surface area contributed by atoms with Crippen LogP contribution in [0.3, 0.4) is 0 Å². The summed E-state index contributed by atoms with van der Waals surface area (Å²) in [6.45, 7) is 4.61. The van der Waals surface area contributed by atoms with Crippen molar-refractivity contribution < 1.29 is 0 Å². The van der Waals surface area contributed by atoms with Gasteiger partial charge < -0.3 is 0 Å². The molecular formula is C20H29N5. The van der Waals surface area contributed by atoms with E-state index >= 15 is 0 Å². The molecule has 1 saturated heterocycles. The van der Waals surface area contributed by atoms with Gasteiger partial charge in [-0.05, 0) is 60.7 Å². The van der Waals surface area contributed by atoms with E-state index in [9.17, 15) is 0 Å². The number of nitrogens with zero attached hydrogens (tertiary/aromatic N) is 5. The van der Waals surface area contributed by atoms with Crippen LogP contribution in [0.25, 0.3) is 0 Å². The van der Waals surface area contributed by atoms with Crippen molar-refractivity contribution >= 4 is 0 Å². The number of piperidine rings is 1. The molecule has 1 atom stereocenters. The van der Waals surface area contributed by atoms with Crippen LogP contribution in [0.4, 0.5) is 0 Å². The quantitative estimate of drug-likeness (QED) is 0.845. The Morgan fingerprint density at radius 2 is 1.68 bits per heavy atom. The van der Waals surface area contributed by atoms with Gasteiger partial charge in [0.25, 0.3) is 0 Å². The first kappa shape index (κ1) is 16.7. The fourth-order valence-electron chi connectivity index (χ4n) is 4.41. The van der Waals surface area contributed by atoms with E-state index in [0.717, 1.165) is 24.8 Å². The molecule has 25 heavy (non-hydrogen) atoms. The lowest BCUT2D eigenvalue weighted by Crippen LogP contribution is -2.38. The van der Waals surface area contributed by atoms with E-state index in [1.807, 2.05) is 0 Å². The summed E-state index contributed by atoms with van der Waals surface area (Å²) in [5.41, 5.74) is 1.31. The summed E-state index contributed by atoms with van der Waals surface area (Å²) in [4.78, 5) is 2.58. The van der Waals surface area contributed by atoms with Crippen molar-refractivity contribution in [1.82, 2.24) is 25.1 Å². The van der Waals surface area contributed by atoms with E-state index in [1.54, 1.807) is 0 Å². The lowest BCUT2D eigenvalue weighted by molar-refractivity contribution is 0.146. The van der Waals surface area contributed by atoms with Crippen molar-refractivity contribution in [2.45, 2.75) is 64.0 Å². The fraction of sp³-hybridized carbons (Fsp3) is 0.650. The molecule has 1 saturated carbocycles. The molecule has 0 radical (unpaired) electrons. The summed E-state index contributed by atoms with van der Waals surface area (Å²) >= 11 is 0. The van der Waals surface area contributed by atoms with Crippen LogP contribution in [-0.4, -0.2) is 38.2 Å². The maximum absolute atomic E-state index is 4.52. The molecule has 2 aliphatic rings. The van der Waals surface area contributed by atoms with Gasteiger partial charge in [0.15, 0.2) is 5.82 Å². The fourth-order valence-corrected chi connectivity index (χ4v) is 4.41. The molecule has 134 valence electrons. The topological polar surface area (TPSA) is 46.8 Å². The average molecular weight is 339 g/mol. The van der Waals surface area contributed by atoms with Gasteiger partial charge in [-0.1, -0.05) is 56.5 Å². The summed E-state index contributed by atoms with van der Waals surface area (Å²) < 4.78 is 2.15. The molecule has 2 heterocycles. The third-order valence-electron chi connectivity index (χ3n) is 5.98. The Labute approximate surface area is 150 Å². The van der Waals surface area contributed by atoms with Gasteiger partial charge in [-0.25, -0.2) is 4.68 Å². The third kappa shape index (κ3) is 3.61. The normalized spacial score (nSPS) is 22.1. The Kier molecular flexibility index (Phi) is 5.11. The smallest absolute Gasteiger partial charge is 0.173 e. The van der Waals surface area contributed by atoms with Crippen molar-refractivity contribution in [3.8, 4) is 0 Å². The predicted octanol–water partition coefficient (Wildman–Crippen LogP) is 4.00. The molecule has 5 nitrogen and oxygen atoms in total. The molecular weight excluding hydrogens is 310 g/mol. The van der Waals surface area contributed by atoms with Crippen molar-refractivity contribution in [2.24, 2.45) is 5.92 Å². The molecule has 4 rings (SSSR count). The molecule has 0 N–H and O–H groups in total. The molecule has 1 aromatic heterocycles. The second-order valence-corrected chi connectivity index (χ2v) is 7.81. The molecule has 2 fully saturated rings. The third-order valence-corrected chi connectivity index (χ3v) is 5.98. The Morgan fingerprint density at radius 3 is 2.40 bits per heavy atom. The number of rotatable bonds is 4. The summed E-state index contributed by atoms with van der Waals surface area (Å²) in [7, 11) is 0. The molecule has 0 bridgehead atoms. The van der Waals surface area contributed by atoms with E-state index in [-0.39, 0.29) is 6.04 Å². The lowest BCUT2D eigenvalue weighted by atomic mass is 9.93. The monoisotopic (exact) mass is 339 g/mol.